The molecular weight excluding hydrogens is 1290 g/mol. The predicted octanol–water partition coefficient (Wildman–Crippen LogP) is 10.2. The summed E-state index contributed by atoms with van der Waals surface area (Å²) in [5.74, 6) is -1.66. The number of aromatic hydroxyl groups is 1. The fourth-order valence-electron chi connectivity index (χ4n) is 10.6. The molecule has 3 aliphatic rings. The Morgan fingerprint density at radius 1 is 0.552 bits per heavy atom. The number of benzene rings is 5. The van der Waals surface area contributed by atoms with Crippen LogP contribution < -0.4 is 21.4 Å². The van der Waals surface area contributed by atoms with Crippen molar-refractivity contribution < 1.29 is 107 Å². The van der Waals surface area contributed by atoms with Gasteiger partial charge in [0.1, 0.15) is 17.1 Å². The van der Waals surface area contributed by atoms with Crippen LogP contribution in [0.15, 0.2) is 112 Å². The number of carboxylic acid groups (broad SMARTS) is 1. The van der Waals surface area contributed by atoms with Crippen LogP contribution >= 0.6 is 12.2 Å². The summed E-state index contributed by atoms with van der Waals surface area (Å²) in [6, 6.07) is 24.4. The molecule has 1 heterocycles. The van der Waals surface area contributed by atoms with Gasteiger partial charge in [-0.3, -0.25) is 9.59 Å². The number of aromatic carboxylic acids is 1. The molecule has 4 aromatic carbocycles. The molecule has 1 aliphatic heterocycles. The van der Waals surface area contributed by atoms with E-state index in [1.165, 1.54) is 30.3 Å². The highest BCUT2D eigenvalue weighted by Gasteiger charge is 2.39. The van der Waals surface area contributed by atoms with Crippen LogP contribution in [0, 0.1) is 5.92 Å². The van der Waals surface area contributed by atoms with Gasteiger partial charge in [0.25, 0.3) is 0 Å². The Morgan fingerprint density at radius 2 is 1.04 bits per heavy atom. The molecule has 1 amide bonds. The van der Waals surface area contributed by atoms with E-state index in [9.17, 15) is 50.9 Å². The van der Waals surface area contributed by atoms with Gasteiger partial charge in [-0.25, -0.2) is 4.79 Å². The number of halogens is 6. The van der Waals surface area contributed by atoms with Crippen LogP contribution in [0.5, 0.6) is 5.75 Å². The molecular formula is C68H83F6N3O18S. The largest absolute Gasteiger partial charge is 0.508 e. The number of nitrogens with one attached hydrogen (secondary N) is 3. The SMILES string of the molecule is O=C(CC1CCC[C@H](OCc2cc(C(F)(F)F)cc(C(F)(F)F)c2)C1c1ccccc1)NCCOCCOCCOCCOCCOCCOCCOCCOCCOCCOCCOCCNC(=S)Nc1ccc(-c2c3ccc(=O)cc-3oc3cc(O)ccc23)c(C(=O)O)c1. The number of carboxylic acids is 1. The molecule has 2 aliphatic carbocycles. The molecule has 4 aromatic rings. The normalized spacial score (nSPS) is 15.1. The van der Waals surface area contributed by atoms with Crippen LogP contribution in [0.3, 0.4) is 0 Å². The van der Waals surface area contributed by atoms with Crippen molar-refractivity contribution in [2.75, 3.05) is 164 Å². The number of fused-ring (bicyclic) bond motifs is 2. The number of phenols is 1. The molecule has 1 saturated carbocycles. The van der Waals surface area contributed by atoms with E-state index in [0.717, 1.165) is 5.56 Å². The van der Waals surface area contributed by atoms with Crippen molar-refractivity contribution in [1.82, 2.24) is 10.6 Å². The molecule has 5 N–H and O–H groups in total. The molecule has 0 bridgehead atoms. The minimum Gasteiger partial charge on any atom is -0.508 e. The zero-order valence-electron chi connectivity index (χ0n) is 53.2. The van der Waals surface area contributed by atoms with Crippen LogP contribution in [0.2, 0.25) is 0 Å². The Hall–Kier alpha value is -6.90. The highest BCUT2D eigenvalue weighted by molar-refractivity contribution is 7.80. The zero-order valence-corrected chi connectivity index (χ0v) is 54.0. The van der Waals surface area contributed by atoms with Gasteiger partial charge >= 0.3 is 18.3 Å². The first kappa shape index (κ1) is 76.5. The quantitative estimate of drug-likeness (QED) is 0.0103. The molecule has 2 unspecified atom stereocenters. The summed E-state index contributed by atoms with van der Waals surface area (Å²) in [5.41, 5.74) is -0.250. The first-order valence-corrected chi connectivity index (χ1v) is 32.0. The van der Waals surface area contributed by atoms with Crippen molar-refractivity contribution in [3.05, 3.63) is 141 Å². The van der Waals surface area contributed by atoms with Crippen molar-refractivity contribution in [1.29, 1.82) is 0 Å². The van der Waals surface area contributed by atoms with Gasteiger partial charge in [-0.05, 0) is 102 Å². The third kappa shape index (κ3) is 26.8. The van der Waals surface area contributed by atoms with Gasteiger partial charge in [0.05, 0.1) is 175 Å². The summed E-state index contributed by atoms with van der Waals surface area (Å²) in [6.07, 6.45) is -8.44. The lowest BCUT2D eigenvalue weighted by Crippen LogP contribution is -2.37. The minimum atomic E-state index is -4.97. The third-order valence-electron chi connectivity index (χ3n) is 15.0. The maximum atomic E-state index is 13.5. The topological polar surface area (TPSA) is 252 Å². The van der Waals surface area contributed by atoms with Gasteiger partial charge in [0, 0.05) is 59.8 Å². The second-order valence-electron chi connectivity index (χ2n) is 21.9. The van der Waals surface area contributed by atoms with E-state index in [1.54, 1.807) is 24.3 Å². The summed E-state index contributed by atoms with van der Waals surface area (Å²) in [7, 11) is 0. The van der Waals surface area contributed by atoms with Crippen molar-refractivity contribution >= 4 is 45.9 Å². The highest BCUT2D eigenvalue weighted by Crippen LogP contribution is 2.44. The number of hydrogen-bond donors (Lipinski definition) is 5. The number of phenolic OH excluding ortho intramolecular Hbond substituents is 1. The van der Waals surface area contributed by atoms with E-state index < -0.39 is 42.2 Å². The van der Waals surface area contributed by atoms with E-state index in [0.29, 0.717) is 204 Å². The number of rotatable bonds is 45. The maximum absolute atomic E-state index is 13.5. The number of carbonyl (C=O) groups is 2. The standard InChI is InChI=1S/C68H83F6N3O18S/c69-67(70,71)50-39-47(40-51(42-50)68(72,73)74)46-94-59-8-4-7-49(63(59)48-5-2-1-3-6-48)41-62(80)75-15-17-83-19-21-85-23-25-87-27-29-89-31-33-91-35-37-93-38-36-92-34-32-90-30-28-88-26-24-86-22-20-84-18-16-76-66(96)77-52-9-12-55(58(43-52)65(81)82)64-56-13-10-53(78)44-60(56)95-61-45-54(79)11-14-57(61)64/h1-3,5-6,9-14,39-40,42-45,49,59,63,78H,4,7-8,15-38,41,46H2,(H,75,80)(H,81,82)(H2,76,77,96)/t49?,59-,63?/m0/s1. The first-order valence-electron chi connectivity index (χ1n) is 31.6. The Labute approximate surface area is 557 Å². The molecule has 0 radical (unpaired) electrons. The van der Waals surface area contributed by atoms with Gasteiger partial charge in [-0.1, -0.05) is 42.8 Å². The molecule has 0 spiro atoms. The molecule has 28 heteroatoms. The number of thiocarbonyl (C=S) groups is 1. The van der Waals surface area contributed by atoms with Crippen LogP contribution in [0.25, 0.3) is 33.4 Å². The number of amides is 1. The summed E-state index contributed by atoms with van der Waals surface area (Å²) < 4.78 is 154. The Balaban J connectivity index is 0.584. The van der Waals surface area contributed by atoms with Gasteiger partial charge < -0.3 is 87.4 Å². The molecule has 7 rings (SSSR count). The van der Waals surface area contributed by atoms with E-state index in [2.05, 4.69) is 16.0 Å². The van der Waals surface area contributed by atoms with E-state index in [4.69, 9.17) is 73.5 Å². The minimum absolute atomic E-state index is 0.0118. The summed E-state index contributed by atoms with van der Waals surface area (Å²) in [4.78, 5) is 37.8. The fourth-order valence-corrected chi connectivity index (χ4v) is 10.8. The molecule has 96 heavy (non-hydrogen) atoms. The lowest BCUT2D eigenvalue weighted by Gasteiger charge is -2.38. The average Bonchev–Trinajstić information content (AvgIpc) is 0.752. The zero-order chi connectivity index (χ0) is 68.4. The van der Waals surface area contributed by atoms with Crippen molar-refractivity contribution in [3.63, 3.8) is 0 Å². The second kappa shape index (κ2) is 41.4. The molecule has 3 atom stereocenters. The Bertz CT molecular complexity index is 3300. The van der Waals surface area contributed by atoms with Crippen molar-refractivity contribution in [2.24, 2.45) is 5.92 Å². The van der Waals surface area contributed by atoms with Crippen LogP contribution in [-0.2, 0) is 80.6 Å². The number of hydrogen-bond acceptors (Lipinski definition) is 18. The maximum Gasteiger partial charge on any atom is 0.416 e. The first-order chi connectivity index (χ1) is 46.4. The predicted molar refractivity (Wildman–Crippen MR) is 346 cm³/mol. The monoisotopic (exact) mass is 1380 g/mol. The summed E-state index contributed by atoms with van der Waals surface area (Å²) in [5, 5.41) is 30.1. The second-order valence-corrected chi connectivity index (χ2v) is 22.4. The molecule has 0 aromatic heterocycles. The Kier molecular flexibility index (Phi) is 33.0. The fraction of sp³-hybridized carbons (Fsp3) is 0.500. The lowest BCUT2D eigenvalue weighted by atomic mass is 9.72. The molecule has 526 valence electrons. The van der Waals surface area contributed by atoms with Gasteiger partial charge in [0.2, 0.25) is 5.91 Å². The third-order valence-corrected chi connectivity index (χ3v) is 15.2. The number of carbonyl (C=O) groups excluding carboxylic acids is 1. The van der Waals surface area contributed by atoms with Crippen molar-refractivity contribution in [2.45, 2.75) is 56.7 Å². The number of ether oxygens (including phenoxy) is 12. The van der Waals surface area contributed by atoms with E-state index >= 15 is 0 Å². The number of alkyl halides is 6. The van der Waals surface area contributed by atoms with Gasteiger partial charge in [-0.15, -0.1) is 0 Å². The summed E-state index contributed by atoms with van der Waals surface area (Å²) >= 11 is 5.43. The van der Waals surface area contributed by atoms with Crippen LogP contribution in [0.1, 0.15) is 64.2 Å². The van der Waals surface area contributed by atoms with Crippen molar-refractivity contribution in [3.8, 4) is 28.2 Å². The summed E-state index contributed by atoms with van der Waals surface area (Å²) in [6.45, 7) is 8.61. The Morgan fingerprint density at radius 3 is 1.54 bits per heavy atom. The van der Waals surface area contributed by atoms with E-state index in [-0.39, 0.29) is 82.1 Å². The number of anilines is 1. The van der Waals surface area contributed by atoms with Crippen LogP contribution in [-0.4, -0.2) is 192 Å². The highest BCUT2D eigenvalue weighted by atomic mass is 32.1. The smallest absolute Gasteiger partial charge is 0.416 e. The van der Waals surface area contributed by atoms with Gasteiger partial charge in [-0.2, -0.15) is 26.3 Å². The lowest BCUT2D eigenvalue weighted by molar-refractivity contribution is -0.143. The van der Waals surface area contributed by atoms with Crippen LogP contribution in [0.4, 0.5) is 32.0 Å². The van der Waals surface area contributed by atoms with E-state index in [1.807, 2.05) is 30.3 Å². The molecule has 1 fully saturated rings. The average molecular weight is 1380 g/mol. The van der Waals surface area contributed by atoms with Gasteiger partial charge in [0.15, 0.2) is 10.5 Å². The molecule has 21 nitrogen and oxygen atoms in total. The molecule has 0 saturated heterocycles.